The van der Waals surface area contributed by atoms with Crippen molar-refractivity contribution >= 4 is 17.2 Å². The van der Waals surface area contributed by atoms with Gasteiger partial charge in [0.25, 0.3) is 0 Å². The summed E-state index contributed by atoms with van der Waals surface area (Å²) in [7, 11) is 0. The van der Waals surface area contributed by atoms with Crippen molar-refractivity contribution in [1.29, 1.82) is 0 Å². The zero-order valence-electron chi connectivity index (χ0n) is 14.7. The molecule has 1 unspecified atom stereocenters. The van der Waals surface area contributed by atoms with E-state index in [1.54, 1.807) is 24.3 Å². The number of benzene rings is 2. The fraction of sp³-hybridized carbons (Fsp3) is 0.350. The molecule has 0 aromatic heterocycles. The van der Waals surface area contributed by atoms with Crippen molar-refractivity contribution in [2.24, 2.45) is 0 Å². The number of carbonyl (C=O) groups is 1. The molecule has 0 radical (unpaired) electrons. The van der Waals surface area contributed by atoms with E-state index in [9.17, 15) is 4.79 Å². The lowest BCUT2D eigenvalue weighted by atomic mass is 10.0. The molecule has 5 N–H and O–H groups in total. The molecule has 0 amide bonds. The zero-order chi connectivity index (χ0) is 18.4. The molecule has 6 heteroatoms. The van der Waals surface area contributed by atoms with Gasteiger partial charge in [-0.3, -0.25) is 4.79 Å². The molecule has 1 heterocycles. The minimum atomic E-state index is -0.132. The van der Waals surface area contributed by atoms with Crippen LogP contribution in [0.25, 0.3) is 0 Å². The van der Waals surface area contributed by atoms with Gasteiger partial charge in [0.05, 0.1) is 36.3 Å². The van der Waals surface area contributed by atoms with Crippen LogP contribution in [-0.2, 0) is 4.74 Å². The fourth-order valence-electron chi connectivity index (χ4n) is 2.95. The molecule has 1 aliphatic rings. The van der Waals surface area contributed by atoms with Crippen LogP contribution in [0.1, 0.15) is 28.8 Å². The number of rotatable bonds is 7. The summed E-state index contributed by atoms with van der Waals surface area (Å²) >= 11 is 0. The Bertz CT molecular complexity index is 758. The van der Waals surface area contributed by atoms with Crippen molar-refractivity contribution in [3.8, 4) is 5.75 Å². The number of morpholine rings is 1. The summed E-state index contributed by atoms with van der Waals surface area (Å²) in [6.45, 7) is 3.09. The van der Waals surface area contributed by atoms with Crippen LogP contribution in [0.2, 0.25) is 0 Å². The maximum Gasteiger partial charge on any atom is 0.196 e. The van der Waals surface area contributed by atoms with E-state index in [1.165, 1.54) is 0 Å². The largest absolute Gasteiger partial charge is 0.493 e. The highest BCUT2D eigenvalue weighted by Gasteiger charge is 2.16. The Kier molecular flexibility index (Phi) is 6.09. The quantitative estimate of drug-likeness (QED) is 0.400. The van der Waals surface area contributed by atoms with Crippen molar-refractivity contribution in [3.05, 3.63) is 53.6 Å². The predicted octanol–water partition coefficient (Wildman–Crippen LogP) is 2.23. The first-order chi connectivity index (χ1) is 12.6. The van der Waals surface area contributed by atoms with Gasteiger partial charge >= 0.3 is 0 Å². The Labute approximate surface area is 153 Å². The number of ether oxygens (including phenoxy) is 2. The van der Waals surface area contributed by atoms with Crippen LogP contribution < -0.4 is 21.5 Å². The van der Waals surface area contributed by atoms with Gasteiger partial charge in [-0.25, -0.2) is 0 Å². The molecule has 0 spiro atoms. The second kappa shape index (κ2) is 8.69. The van der Waals surface area contributed by atoms with Crippen LogP contribution in [-0.4, -0.2) is 38.2 Å². The lowest BCUT2D eigenvalue weighted by molar-refractivity contribution is 0.0203. The molecule has 0 aliphatic carbocycles. The molecular formula is C20H25N3O3. The van der Waals surface area contributed by atoms with Gasteiger partial charge in [-0.15, -0.1) is 0 Å². The van der Waals surface area contributed by atoms with Crippen LogP contribution >= 0.6 is 0 Å². The number of hydrogen-bond donors (Lipinski definition) is 3. The average Bonchev–Trinajstić information content (AvgIpc) is 2.68. The molecule has 138 valence electrons. The van der Waals surface area contributed by atoms with Gasteiger partial charge in [0.2, 0.25) is 0 Å². The number of para-hydroxylation sites is 1. The second-order valence-corrected chi connectivity index (χ2v) is 6.36. The minimum absolute atomic E-state index is 0.132. The van der Waals surface area contributed by atoms with Crippen molar-refractivity contribution in [1.82, 2.24) is 5.32 Å². The van der Waals surface area contributed by atoms with E-state index in [4.69, 9.17) is 20.9 Å². The first-order valence-electron chi connectivity index (χ1n) is 8.89. The molecule has 2 aromatic carbocycles. The summed E-state index contributed by atoms with van der Waals surface area (Å²) in [5, 5.41) is 3.31. The van der Waals surface area contributed by atoms with Gasteiger partial charge in [0.1, 0.15) is 5.75 Å². The Balaban J connectivity index is 1.61. The van der Waals surface area contributed by atoms with Gasteiger partial charge in [-0.1, -0.05) is 12.1 Å². The van der Waals surface area contributed by atoms with Crippen LogP contribution in [0.15, 0.2) is 42.5 Å². The summed E-state index contributed by atoms with van der Waals surface area (Å²) in [5.74, 6) is 0.447. The molecule has 0 bridgehead atoms. The van der Waals surface area contributed by atoms with Gasteiger partial charge in [-0.05, 0) is 43.2 Å². The van der Waals surface area contributed by atoms with E-state index in [0.717, 1.165) is 32.5 Å². The molecule has 3 rings (SSSR count). The van der Waals surface area contributed by atoms with Gasteiger partial charge in [-0.2, -0.15) is 0 Å². The maximum atomic E-state index is 12.8. The number of anilines is 2. The standard InChI is InChI=1S/C20H25N3O3/c21-17-8-7-14(12-18(17)22)20(24)16-5-1-2-6-19(16)26-10-3-4-15-13-23-9-11-25-15/h1-2,5-8,12,15,23H,3-4,9-11,13,21-22H2. The summed E-state index contributed by atoms with van der Waals surface area (Å²) in [5.41, 5.74) is 13.4. The third-order valence-corrected chi connectivity index (χ3v) is 4.41. The topological polar surface area (TPSA) is 99.6 Å². The number of ketones is 1. The molecule has 1 aliphatic heterocycles. The third-order valence-electron chi connectivity index (χ3n) is 4.41. The lowest BCUT2D eigenvalue weighted by Gasteiger charge is -2.23. The molecular weight excluding hydrogens is 330 g/mol. The van der Waals surface area contributed by atoms with E-state index < -0.39 is 0 Å². The van der Waals surface area contributed by atoms with E-state index in [1.807, 2.05) is 18.2 Å². The Hall–Kier alpha value is -2.57. The van der Waals surface area contributed by atoms with Gasteiger partial charge in [0.15, 0.2) is 5.78 Å². The molecule has 1 atom stereocenters. The summed E-state index contributed by atoms with van der Waals surface area (Å²) in [4.78, 5) is 12.8. The molecule has 2 aromatic rings. The minimum Gasteiger partial charge on any atom is -0.493 e. The number of nitrogen functional groups attached to an aromatic ring is 2. The van der Waals surface area contributed by atoms with Crippen molar-refractivity contribution in [2.75, 3.05) is 37.8 Å². The summed E-state index contributed by atoms with van der Waals surface area (Å²) in [6.07, 6.45) is 2.03. The van der Waals surface area contributed by atoms with Gasteiger partial charge in [0, 0.05) is 18.7 Å². The molecule has 26 heavy (non-hydrogen) atoms. The number of hydrogen-bond acceptors (Lipinski definition) is 6. The van der Waals surface area contributed by atoms with Crippen LogP contribution in [0.3, 0.4) is 0 Å². The lowest BCUT2D eigenvalue weighted by Crippen LogP contribution is -2.38. The van der Waals surface area contributed by atoms with Crippen molar-refractivity contribution in [3.63, 3.8) is 0 Å². The Morgan fingerprint density at radius 3 is 2.81 bits per heavy atom. The second-order valence-electron chi connectivity index (χ2n) is 6.36. The molecule has 0 saturated carbocycles. The molecule has 1 fully saturated rings. The predicted molar refractivity (Wildman–Crippen MR) is 102 cm³/mol. The summed E-state index contributed by atoms with van der Waals surface area (Å²) in [6, 6.07) is 12.2. The molecule has 1 saturated heterocycles. The first kappa shape index (κ1) is 18.2. The fourth-order valence-corrected chi connectivity index (χ4v) is 2.95. The SMILES string of the molecule is Nc1ccc(C(=O)c2ccccc2OCCCC2CNCCO2)cc1N. The smallest absolute Gasteiger partial charge is 0.196 e. The highest BCUT2D eigenvalue weighted by atomic mass is 16.5. The zero-order valence-corrected chi connectivity index (χ0v) is 14.7. The normalized spacial score (nSPS) is 17.0. The van der Waals surface area contributed by atoms with Crippen molar-refractivity contribution in [2.45, 2.75) is 18.9 Å². The van der Waals surface area contributed by atoms with E-state index in [0.29, 0.717) is 34.9 Å². The summed E-state index contributed by atoms with van der Waals surface area (Å²) < 4.78 is 11.5. The Morgan fingerprint density at radius 2 is 2.04 bits per heavy atom. The van der Waals surface area contributed by atoms with Crippen molar-refractivity contribution < 1.29 is 14.3 Å². The van der Waals surface area contributed by atoms with E-state index in [2.05, 4.69) is 5.32 Å². The number of nitrogens with two attached hydrogens (primary N) is 2. The highest BCUT2D eigenvalue weighted by molar-refractivity contribution is 6.11. The van der Waals surface area contributed by atoms with E-state index >= 15 is 0 Å². The van der Waals surface area contributed by atoms with Crippen LogP contribution in [0, 0.1) is 0 Å². The average molecular weight is 355 g/mol. The monoisotopic (exact) mass is 355 g/mol. The Morgan fingerprint density at radius 1 is 1.19 bits per heavy atom. The number of carbonyl (C=O) groups excluding carboxylic acids is 1. The highest BCUT2D eigenvalue weighted by Crippen LogP contribution is 2.24. The van der Waals surface area contributed by atoms with Crippen LogP contribution in [0.5, 0.6) is 5.75 Å². The first-order valence-corrected chi connectivity index (χ1v) is 8.89. The maximum absolute atomic E-state index is 12.8. The third kappa shape index (κ3) is 4.53. The van der Waals surface area contributed by atoms with Gasteiger partial charge < -0.3 is 26.3 Å². The van der Waals surface area contributed by atoms with E-state index in [-0.39, 0.29) is 11.9 Å². The number of nitrogens with one attached hydrogen (secondary N) is 1. The van der Waals surface area contributed by atoms with Crippen LogP contribution in [0.4, 0.5) is 11.4 Å². The molecule has 6 nitrogen and oxygen atoms in total.